The lowest BCUT2D eigenvalue weighted by atomic mass is 9.96. The zero-order chi connectivity index (χ0) is 15.2. The molecule has 2 atom stereocenters. The normalized spacial score (nSPS) is 20.8. The van der Waals surface area contributed by atoms with Gasteiger partial charge in [-0.25, -0.2) is 0 Å². The van der Waals surface area contributed by atoms with Crippen molar-refractivity contribution >= 4 is 0 Å². The Hall–Kier alpha value is -1.06. The third-order valence-corrected chi connectivity index (χ3v) is 4.62. The molecule has 118 valence electrons. The van der Waals surface area contributed by atoms with Crippen LogP contribution in [0.15, 0.2) is 24.3 Å². The third kappa shape index (κ3) is 4.21. The Morgan fingerprint density at radius 3 is 2.67 bits per heavy atom. The molecule has 1 fully saturated rings. The first-order valence-corrected chi connectivity index (χ1v) is 8.22. The van der Waals surface area contributed by atoms with E-state index in [2.05, 4.69) is 49.2 Å². The Balaban J connectivity index is 2.12. The van der Waals surface area contributed by atoms with E-state index in [0.29, 0.717) is 12.1 Å². The van der Waals surface area contributed by atoms with Crippen LogP contribution < -0.4 is 10.1 Å². The van der Waals surface area contributed by atoms with Gasteiger partial charge in [0.05, 0.1) is 7.11 Å². The number of para-hydroxylation sites is 1. The average molecular weight is 290 g/mol. The van der Waals surface area contributed by atoms with Gasteiger partial charge in [0.1, 0.15) is 5.75 Å². The third-order valence-electron chi connectivity index (χ3n) is 4.62. The molecule has 1 aromatic rings. The lowest BCUT2D eigenvalue weighted by Gasteiger charge is -2.37. The van der Waals surface area contributed by atoms with Crippen molar-refractivity contribution < 1.29 is 4.74 Å². The van der Waals surface area contributed by atoms with Gasteiger partial charge < -0.3 is 10.1 Å². The molecule has 3 nitrogen and oxygen atoms in total. The number of nitrogens with one attached hydrogen (secondary N) is 1. The van der Waals surface area contributed by atoms with E-state index in [9.17, 15) is 0 Å². The van der Waals surface area contributed by atoms with E-state index in [4.69, 9.17) is 4.74 Å². The minimum Gasteiger partial charge on any atom is -0.496 e. The van der Waals surface area contributed by atoms with Gasteiger partial charge in [0.25, 0.3) is 0 Å². The van der Waals surface area contributed by atoms with Crippen molar-refractivity contribution in [3.63, 3.8) is 0 Å². The Kier molecular flexibility index (Phi) is 6.07. The SMILES string of the molecule is COc1ccccc1C(C)N(CC1CCCNC1)C(C)C. The molecule has 1 heterocycles. The lowest BCUT2D eigenvalue weighted by molar-refractivity contribution is 0.125. The quantitative estimate of drug-likeness (QED) is 0.868. The zero-order valence-corrected chi connectivity index (χ0v) is 13.9. The summed E-state index contributed by atoms with van der Waals surface area (Å²) >= 11 is 0. The fraction of sp³-hybridized carbons (Fsp3) is 0.667. The van der Waals surface area contributed by atoms with Gasteiger partial charge in [-0.05, 0) is 58.7 Å². The van der Waals surface area contributed by atoms with Gasteiger partial charge in [0.2, 0.25) is 0 Å². The number of nitrogens with zero attached hydrogens (tertiary/aromatic N) is 1. The molecule has 1 saturated heterocycles. The zero-order valence-electron chi connectivity index (χ0n) is 13.9. The van der Waals surface area contributed by atoms with Crippen molar-refractivity contribution in [2.45, 2.75) is 45.7 Å². The molecule has 3 heteroatoms. The molecule has 21 heavy (non-hydrogen) atoms. The van der Waals surface area contributed by atoms with Gasteiger partial charge in [0.15, 0.2) is 0 Å². The van der Waals surface area contributed by atoms with Crippen LogP contribution in [0.3, 0.4) is 0 Å². The maximum Gasteiger partial charge on any atom is 0.123 e. The number of methoxy groups -OCH3 is 1. The predicted octanol–water partition coefficient (Wildman–Crippen LogP) is 3.47. The van der Waals surface area contributed by atoms with Gasteiger partial charge in [-0.3, -0.25) is 4.90 Å². The monoisotopic (exact) mass is 290 g/mol. The standard InChI is InChI=1S/C18H30N2O/c1-14(2)20(13-16-8-7-11-19-12-16)15(3)17-9-5-6-10-18(17)21-4/h5-6,9-10,14-16,19H,7-8,11-13H2,1-4H3. The Morgan fingerprint density at radius 1 is 1.29 bits per heavy atom. The fourth-order valence-corrected chi connectivity index (χ4v) is 3.38. The van der Waals surface area contributed by atoms with Crippen LogP contribution in [-0.4, -0.2) is 37.7 Å². The molecule has 1 N–H and O–H groups in total. The van der Waals surface area contributed by atoms with Gasteiger partial charge in [-0.15, -0.1) is 0 Å². The Labute approximate surface area is 129 Å². The van der Waals surface area contributed by atoms with Gasteiger partial charge in [0, 0.05) is 24.2 Å². The summed E-state index contributed by atoms with van der Waals surface area (Å²) in [6.07, 6.45) is 2.65. The number of hydrogen-bond acceptors (Lipinski definition) is 3. The second-order valence-corrected chi connectivity index (χ2v) is 6.42. The summed E-state index contributed by atoms with van der Waals surface area (Å²) in [6.45, 7) is 10.4. The first-order chi connectivity index (χ1) is 10.1. The largest absolute Gasteiger partial charge is 0.496 e. The summed E-state index contributed by atoms with van der Waals surface area (Å²) in [4.78, 5) is 2.61. The molecule has 1 aromatic carbocycles. The summed E-state index contributed by atoms with van der Waals surface area (Å²) < 4.78 is 5.55. The van der Waals surface area contributed by atoms with Crippen molar-refractivity contribution in [3.05, 3.63) is 29.8 Å². The summed E-state index contributed by atoms with van der Waals surface area (Å²) in [5, 5.41) is 3.53. The Morgan fingerprint density at radius 2 is 2.05 bits per heavy atom. The number of hydrogen-bond donors (Lipinski definition) is 1. The first-order valence-electron chi connectivity index (χ1n) is 8.22. The van der Waals surface area contributed by atoms with Crippen LogP contribution in [0.2, 0.25) is 0 Å². The number of rotatable bonds is 6. The van der Waals surface area contributed by atoms with E-state index < -0.39 is 0 Å². The van der Waals surface area contributed by atoms with E-state index in [1.54, 1.807) is 7.11 Å². The summed E-state index contributed by atoms with van der Waals surface area (Å²) in [7, 11) is 1.76. The molecule has 1 aliphatic heterocycles. The maximum absolute atomic E-state index is 5.55. The summed E-state index contributed by atoms with van der Waals surface area (Å²) in [5.41, 5.74) is 1.29. The molecule has 0 radical (unpaired) electrons. The molecule has 2 rings (SSSR count). The van der Waals surface area contributed by atoms with Crippen LogP contribution in [0, 0.1) is 5.92 Å². The Bertz CT molecular complexity index is 427. The topological polar surface area (TPSA) is 24.5 Å². The maximum atomic E-state index is 5.55. The molecule has 0 bridgehead atoms. The van der Waals surface area contributed by atoms with Crippen molar-refractivity contribution in [1.29, 1.82) is 0 Å². The molecule has 0 aromatic heterocycles. The number of piperidine rings is 1. The van der Waals surface area contributed by atoms with Crippen LogP contribution in [0.4, 0.5) is 0 Å². The van der Waals surface area contributed by atoms with Crippen LogP contribution in [0.1, 0.15) is 45.2 Å². The molecule has 0 aliphatic carbocycles. The molecule has 0 amide bonds. The van der Waals surface area contributed by atoms with E-state index >= 15 is 0 Å². The highest BCUT2D eigenvalue weighted by Gasteiger charge is 2.25. The minimum atomic E-state index is 0.378. The van der Waals surface area contributed by atoms with Gasteiger partial charge in [-0.2, -0.15) is 0 Å². The van der Waals surface area contributed by atoms with Crippen LogP contribution >= 0.6 is 0 Å². The highest BCUT2D eigenvalue weighted by Crippen LogP contribution is 2.31. The summed E-state index contributed by atoms with van der Waals surface area (Å²) in [6, 6.07) is 9.31. The first kappa shape index (κ1) is 16.3. The predicted molar refractivity (Wildman–Crippen MR) is 88.8 cm³/mol. The molecule has 0 spiro atoms. The number of benzene rings is 1. The molecular formula is C18H30N2O. The van der Waals surface area contributed by atoms with Crippen molar-refractivity contribution in [1.82, 2.24) is 10.2 Å². The fourth-order valence-electron chi connectivity index (χ4n) is 3.38. The minimum absolute atomic E-state index is 0.378. The van der Waals surface area contributed by atoms with Crippen LogP contribution in [0.25, 0.3) is 0 Å². The highest BCUT2D eigenvalue weighted by molar-refractivity contribution is 5.35. The second-order valence-electron chi connectivity index (χ2n) is 6.42. The van der Waals surface area contributed by atoms with E-state index in [-0.39, 0.29) is 0 Å². The highest BCUT2D eigenvalue weighted by atomic mass is 16.5. The average Bonchev–Trinajstić information content (AvgIpc) is 2.52. The molecule has 0 saturated carbocycles. The van der Waals surface area contributed by atoms with Gasteiger partial charge in [-0.1, -0.05) is 18.2 Å². The van der Waals surface area contributed by atoms with E-state index in [1.807, 2.05) is 6.07 Å². The second kappa shape index (κ2) is 7.81. The van der Waals surface area contributed by atoms with Gasteiger partial charge >= 0.3 is 0 Å². The van der Waals surface area contributed by atoms with Crippen LogP contribution in [0.5, 0.6) is 5.75 Å². The van der Waals surface area contributed by atoms with E-state index in [0.717, 1.165) is 24.8 Å². The lowest BCUT2D eigenvalue weighted by Crippen LogP contribution is -2.42. The smallest absolute Gasteiger partial charge is 0.123 e. The number of ether oxygens (including phenoxy) is 1. The summed E-state index contributed by atoms with van der Waals surface area (Å²) in [5.74, 6) is 1.76. The van der Waals surface area contributed by atoms with E-state index in [1.165, 1.54) is 24.9 Å². The molecule has 2 unspecified atom stereocenters. The van der Waals surface area contributed by atoms with Crippen molar-refractivity contribution in [3.8, 4) is 5.75 Å². The van der Waals surface area contributed by atoms with Crippen molar-refractivity contribution in [2.75, 3.05) is 26.7 Å². The van der Waals surface area contributed by atoms with Crippen LogP contribution in [-0.2, 0) is 0 Å². The van der Waals surface area contributed by atoms with Crippen molar-refractivity contribution in [2.24, 2.45) is 5.92 Å². The molecule has 1 aliphatic rings. The molecular weight excluding hydrogens is 260 g/mol.